The van der Waals surface area contributed by atoms with E-state index in [9.17, 15) is 0 Å². The second-order valence-corrected chi connectivity index (χ2v) is 0.945. The van der Waals surface area contributed by atoms with Crippen LogP contribution in [0.25, 0.3) is 0 Å². The number of hydrogen-bond acceptors (Lipinski definition) is 1. The van der Waals surface area contributed by atoms with Gasteiger partial charge in [0.2, 0.25) is 0 Å². The third-order valence-electron chi connectivity index (χ3n) is 0.425. The van der Waals surface area contributed by atoms with E-state index in [1.807, 2.05) is 6.92 Å². The van der Waals surface area contributed by atoms with Gasteiger partial charge in [-0.25, -0.2) is 0 Å². The molecule has 0 aromatic heterocycles. The topological polar surface area (TPSA) is 24.4 Å². The number of nitrogens with zero attached hydrogens (tertiary/aromatic N) is 1. The highest BCUT2D eigenvalue weighted by atomic mass is 35.5. The van der Waals surface area contributed by atoms with Crippen LogP contribution < -0.4 is 5.32 Å². The molecule has 0 aromatic rings. The average Bonchev–Trinajstić information content (AvgIpc) is 1.61. The predicted molar refractivity (Wildman–Crippen MR) is 35.3 cm³/mol. The first-order chi connectivity index (χ1) is 2.91. The Morgan fingerprint density at radius 1 is 1.71 bits per heavy atom. The van der Waals surface area contributed by atoms with Crippen molar-refractivity contribution in [2.75, 3.05) is 13.6 Å². The van der Waals surface area contributed by atoms with Gasteiger partial charge < -0.3 is 5.32 Å². The van der Waals surface area contributed by atoms with Crippen LogP contribution in [0.1, 0.15) is 6.92 Å². The Hall–Kier alpha value is -0.240. The first kappa shape index (κ1) is 9.90. The summed E-state index contributed by atoms with van der Waals surface area (Å²) in [6.45, 7) is 2.99. The molecule has 0 aliphatic heterocycles. The largest absolute Gasteiger partial charge is 0.377 e. The molecule has 0 unspecified atom stereocenters. The molecule has 0 saturated carbocycles. The quantitative estimate of drug-likeness (QED) is 0.423. The van der Waals surface area contributed by atoms with Crippen molar-refractivity contribution in [2.24, 2.45) is 4.99 Å². The van der Waals surface area contributed by atoms with E-state index >= 15 is 0 Å². The van der Waals surface area contributed by atoms with Crippen LogP contribution in [0.4, 0.5) is 0 Å². The molecule has 2 nitrogen and oxygen atoms in total. The lowest BCUT2D eigenvalue weighted by Gasteiger charge is -1.84. The molecule has 0 amide bonds. The lowest BCUT2D eigenvalue weighted by Crippen LogP contribution is -2.08. The van der Waals surface area contributed by atoms with Crippen molar-refractivity contribution in [3.05, 3.63) is 0 Å². The number of nitrogens with one attached hydrogen (secondary N) is 1. The standard InChI is InChI=1S/C4H10N2.ClH/c1-3-6-4-5-2;/h4H,3H2,1-2H3,(H,5,6);1H. The fourth-order valence-electron chi connectivity index (χ4n) is 0.183. The molecule has 0 aliphatic rings. The number of halogens is 1. The molecule has 44 valence electrons. The van der Waals surface area contributed by atoms with Crippen LogP contribution in [0, 0.1) is 0 Å². The molecule has 0 aromatic carbocycles. The van der Waals surface area contributed by atoms with Crippen molar-refractivity contribution in [2.45, 2.75) is 6.92 Å². The average molecular weight is 123 g/mol. The van der Waals surface area contributed by atoms with Crippen molar-refractivity contribution >= 4 is 18.7 Å². The molecule has 0 aliphatic carbocycles. The van der Waals surface area contributed by atoms with Crippen LogP contribution in [0.2, 0.25) is 0 Å². The van der Waals surface area contributed by atoms with Crippen molar-refractivity contribution in [3.8, 4) is 0 Å². The third kappa shape index (κ3) is 10.7. The summed E-state index contributed by atoms with van der Waals surface area (Å²) in [6.07, 6.45) is 1.68. The van der Waals surface area contributed by atoms with Gasteiger partial charge in [0, 0.05) is 13.6 Å². The molecular formula is C4H11ClN2. The SMILES string of the molecule is CCNC=NC.Cl. The van der Waals surface area contributed by atoms with Crippen molar-refractivity contribution in [1.29, 1.82) is 0 Å². The van der Waals surface area contributed by atoms with E-state index in [0.29, 0.717) is 0 Å². The molecule has 3 heteroatoms. The van der Waals surface area contributed by atoms with Gasteiger partial charge in [-0.15, -0.1) is 12.4 Å². The van der Waals surface area contributed by atoms with E-state index < -0.39 is 0 Å². The first-order valence-electron chi connectivity index (χ1n) is 2.05. The van der Waals surface area contributed by atoms with E-state index in [1.54, 1.807) is 13.4 Å². The van der Waals surface area contributed by atoms with Gasteiger partial charge in [-0.1, -0.05) is 0 Å². The number of hydrogen-bond donors (Lipinski definition) is 1. The van der Waals surface area contributed by atoms with Crippen LogP contribution in [0.15, 0.2) is 4.99 Å². The van der Waals surface area contributed by atoms with E-state index in [-0.39, 0.29) is 12.4 Å². The highest BCUT2D eigenvalue weighted by Gasteiger charge is 1.59. The van der Waals surface area contributed by atoms with Crippen LogP contribution >= 0.6 is 12.4 Å². The maximum atomic E-state index is 3.69. The molecule has 7 heavy (non-hydrogen) atoms. The normalized spacial score (nSPS) is 8.29. The summed E-state index contributed by atoms with van der Waals surface area (Å²) in [5.41, 5.74) is 0. The van der Waals surface area contributed by atoms with Crippen molar-refractivity contribution in [1.82, 2.24) is 5.32 Å². The maximum absolute atomic E-state index is 3.69. The monoisotopic (exact) mass is 122 g/mol. The Morgan fingerprint density at radius 2 is 2.29 bits per heavy atom. The molecule has 0 spiro atoms. The molecule has 1 N–H and O–H groups in total. The summed E-state index contributed by atoms with van der Waals surface area (Å²) in [5, 5.41) is 2.91. The molecule has 0 atom stereocenters. The summed E-state index contributed by atoms with van der Waals surface area (Å²) in [7, 11) is 1.74. The van der Waals surface area contributed by atoms with Gasteiger partial charge >= 0.3 is 0 Å². The van der Waals surface area contributed by atoms with Gasteiger partial charge in [0.15, 0.2) is 0 Å². The van der Waals surface area contributed by atoms with Crippen molar-refractivity contribution in [3.63, 3.8) is 0 Å². The summed E-state index contributed by atoms with van der Waals surface area (Å²) < 4.78 is 0. The zero-order valence-electron chi connectivity index (χ0n) is 4.64. The second-order valence-electron chi connectivity index (χ2n) is 0.945. The van der Waals surface area contributed by atoms with E-state index in [4.69, 9.17) is 0 Å². The van der Waals surface area contributed by atoms with E-state index in [2.05, 4.69) is 10.3 Å². The Morgan fingerprint density at radius 3 is 2.43 bits per heavy atom. The molecule has 0 radical (unpaired) electrons. The Labute approximate surface area is 50.4 Å². The van der Waals surface area contributed by atoms with Gasteiger partial charge in [0.25, 0.3) is 0 Å². The summed E-state index contributed by atoms with van der Waals surface area (Å²) in [4.78, 5) is 3.69. The van der Waals surface area contributed by atoms with E-state index in [1.165, 1.54) is 0 Å². The highest BCUT2D eigenvalue weighted by Crippen LogP contribution is 1.45. The van der Waals surface area contributed by atoms with Gasteiger partial charge in [0.1, 0.15) is 0 Å². The second kappa shape index (κ2) is 9.23. The van der Waals surface area contributed by atoms with E-state index in [0.717, 1.165) is 6.54 Å². The minimum atomic E-state index is 0. The Bertz CT molecular complexity index is 45.0. The number of aliphatic imine (C=N–C) groups is 1. The minimum Gasteiger partial charge on any atom is -0.377 e. The summed E-state index contributed by atoms with van der Waals surface area (Å²) >= 11 is 0. The van der Waals surface area contributed by atoms with Crippen LogP contribution in [-0.2, 0) is 0 Å². The van der Waals surface area contributed by atoms with Crippen LogP contribution in [-0.4, -0.2) is 19.9 Å². The molecule has 0 heterocycles. The van der Waals surface area contributed by atoms with Crippen LogP contribution in [0.3, 0.4) is 0 Å². The number of rotatable bonds is 2. The first-order valence-corrected chi connectivity index (χ1v) is 2.05. The lowest BCUT2D eigenvalue weighted by atomic mass is 10.8. The highest BCUT2D eigenvalue weighted by molar-refractivity contribution is 5.85. The minimum absolute atomic E-state index is 0. The van der Waals surface area contributed by atoms with Gasteiger partial charge in [-0.2, -0.15) is 0 Å². The zero-order valence-corrected chi connectivity index (χ0v) is 5.46. The Balaban J connectivity index is 0. The van der Waals surface area contributed by atoms with Crippen LogP contribution in [0.5, 0.6) is 0 Å². The summed E-state index contributed by atoms with van der Waals surface area (Å²) in [5.74, 6) is 0. The predicted octanol–water partition coefficient (Wildman–Crippen LogP) is 0.676. The smallest absolute Gasteiger partial charge is 0.0820 e. The van der Waals surface area contributed by atoms with Gasteiger partial charge in [-0.05, 0) is 6.92 Å². The Kier molecular flexibility index (Phi) is 13.1. The molecule has 0 saturated heterocycles. The lowest BCUT2D eigenvalue weighted by molar-refractivity contribution is 0.984. The summed E-state index contributed by atoms with van der Waals surface area (Å²) in [6, 6.07) is 0. The zero-order chi connectivity index (χ0) is 4.83. The molecular weight excluding hydrogens is 112 g/mol. The fraction of sp³-hybridized carbons (Fsp3) is 0.750. The van der Waals surface area contributed by atoms with Gasteiger partial charge in [-0.3, -0.25) is 4.99 Å². The van der Waals surface area contributed by atoms with Gasteiger partial charge in [0.05, 0.1) is 6.34 Å². The molecule has 0 bridgehead atoms. The fourth-order valence-corrected chi connectivity index (χ4v) is 0.183. The molecule has 0 rings (SSSR count). The van der Waals surface area contributed by atoms with Crippen molar-refractivity contribution < 1.29 is 0 Å². The maximum Gasteiger partial charge on any atom is 0.0820 e. The molecule has 0 fully saturated rings. The third-order valence-corrected chi connectivity index (χ3v) is 0.425.